The Labute approximate surface area is 154 Å². The molecule has 3 aromatic rings. The fourth-order valence-electron chi connectivity index (χ4n) is 2.26. The zero-order valence-corrected chi connectivity index (χ0v) is 14.5. The fraction of sp³-hybridized carbons (Fsp3) is 0.0556. The van der Waals surface area contributed by atoms with Crippen molar-refractivity contribution >= 4 is 40.7 Å². The van der Waals surface area contributed by atoms with Crippen molar-refractivity contribution < 1.29 is 14.6 Å². The first kappa shape index (κ1) is 17.5. The molecule has 132 valence electrons. The van der Waals surface area contributed by atoms with Gasteiger partial charge >= 0.3 is 5.97 Å². The summed E-state index contributed by atoms with van der Waals surface area (Å²) in [5.41, 5.74) is 1.42. The van der Waals surface area contributed by atoms with Gasteiger partial charge in [-0.05, 0) is 42.5 Å². The summed E-state index contributed by atoms with van der Waals surface area (Å²) in [5.74, 6) is 0.452. The summed E-state index contributed by atoms with van der Waals surface area (Å²) in [7, 11) is 1.56. The summed E-state index contributed by atoms with van der Waals surface area (Å²) in [6.07, 6.45) is 1.58. The Morgan fingerprint density at radius 3 is 2.77 bits per heavy atom. The van der Waals surface area contributed by atoms with E-state index in [1.807, 2.05) is 0 Å². The number of nitrogens with one attached hydrogen (secondary N) is 2. The monoisotopic (exact) mass is 370 g/mol. The topological polar surface area (TPSA) is 96.4 Å². The van der Waals surface area contributed by atoms with Crippen LogP contribution in [0.2, 0.25) is 5.02 Å². The summed E-state index contributed by atoms with van der Waals surface area (Å²) >= 11 is 6.02. The number of rotatable bonds is 6. The van der Waals surface area contributed by atoms with Crippen LogP contribution < -0.4 is 15.4 Å². The standard InChI is InChI=1S/C18H15ClN4O3/c1-26-15-6-5-12(19)10-14(15)22-18-20-8-7-16(23-18)21-13-4-2-3-11(9-13)17(24)25/h2-10H,1H3,(H,24,25)(H2,20,21,22,23). The molecule has 8 heteroatoms. The van der Waals surface area contributed by atoms with E-state index in [9.17, 15) is 4.79 Å². The smallest absolute Gasteiger partial charge is 0.335 e. The maximum atomic E-state index is 11.1. The molecule has 0 aliphatic carbocycles. The summed E-state index contributed by atoms with van der Waals surface area (Å²) in [6, 6.07) is 13.3. The molecule has 1 aromatic heterocycles. The van der Waals surface area contributed by atoms with Gasteiger partial charge in [0.05, 0.1) is 18.4 Å². The number of aromatic carboxylic acids is 1. The third-order valence-electron chi connectivity index (χ3n) is 3.45. The second kappa shape index (κ2) is 7.71. The molecular weight excluding hydrogens is 356 g/mol. The van der Waals surface area contributed by atoms with E-state index in [1.165, 1.54) is 12.1 Å². The number of carboxylic acid groups (broad SMARTS) is 1. The minimum Gasteiger partial charge on any atom is -0.495 e. The van der Waals surface area contributed by atoms with Gasteiger partial charge in [0.2, 0.25) is 5.95 Å². The number of aromatic nitrogens is 2. The van der Waals surface area contributed by atoms with Gasteiger partial charge in [-0.15, -0.1) is 0 Å². The van der Waals surface area contributed by atoms with Crippen LogP contribution in [0.3, 0.4) is 0 Å². The molecule has 0 radical (unpaired) electrons. The highest BCUT2D eigenvalue weighted by Crippen LogP contribution is 2.29. The number of methoxy groups -OCH3 is 1. The van der Waals surface area contributed by atoms with E-state index in [1.54, 1.807) is 49.7 Å². The van der Waals surface area contributed by atoms with Gasteiger partial charge < -0.3 is 20.5 Å². The van der Waals surface area contributed by atoms with Crippen molar-refractivity contribution in [1.29, 1.82) is 0 Å². The average Bonchev–Trinajstić information content (AvgIpc) is 2.62. The van der Waals surface area contributed by atoms with Crippen molar-refractivity contribution in [2.45, 2.75) is 0 Å². The molecule has 1 heterocycles. The van der Waals surface area contributed by atoms with Gasteiger partial charge in [0.25, 0.3) is 0 Å². The summed E-state index contributed by atoms with van der Waals surface area (Å²) in [6.45, 7) is 0. The first-order valence-corrected chi connectivity index (χ1v) is 7.97. The van der Waals surface area contributed by atoms with Crippen LogP contribution in [0.25, 0.3) is 0 Å². The average molecular weight is 371 g/mol. The molecule has 0 aliphatic rings. The van der Waals surface area contributed by atoms with Crippen molar-refractivity contribution in [2.75, 3.05) is 17.7 Å². The molecule has 0 atom stereocenters. The lowest BCUT2D eigenvalue weighted by atomic mass is 10.2. The lowest BCUT2D eigenvalue weighted by molar-refractivity contribution is 0.0697. The highest BCUT2D eigenvalue weighted by Gasteiger charge is 2.08. The Hall–Kier alpha value is -3.32. The van der Waals surface area contributed by atoms with Crippen molar-refractivity contribution in [2.24, 2.45) is 0 Å². The molecule has 0 saturated heterocycles. The van der Waals surface area contributed by atoms with Crippen molar-refractivity contribution in [3.8, 4) is 5.75 Å². The first-order chi connectivity index (χ1) is 12.5. The molecule has 0 aliphatic heterocycles. The lowest BCUT2D eigenvalue weighted by Crippen LogP contribution is -2.02. The number of ether oxygens (including phenoxy) is 1. The summed E-state index contributed by atoms with van der Waals surface area (Å²) in [4.78, 5) is 19.6. The fourth-order valence-corrected chi connectivity index (χ4v) is 2.44. The van der Waals surface area contributed by atoms with Crippen LogP contribution in [0.4, 0.5) is 23.1 Å². The number of hydrogen-bond donors (Lipinski definition) is 3. The van der Waals surface area contributed by atoms with Crippen LogP contribution >= 0.6 is 11.6 Å². The number of carboxylic acids is 1. The molecule has 0 bridgehead atoms. The summed E-state index contributed by atoms with van der Waals surface area (Å²) in [5, 5.41) is 15.7. The van der Waals surface area contributed by atoms with Crippen molar-refractivity contribution in [3.05, 3.63) is 65.3 Å². The summed E-state index contributed by atoms with van der Waals surface area (Å²) < 4.78 is 5.29. The zero-order chi connectivity index (χ0) is 18.5. The molecule has 7 nitrogen and oxygen atoms in total. The molecule has 3 rings (SSSR count). The number of hydrogen-bond acceptors (Lipinski definition) is 6. The van der Waals surface area contributed by atoms with Crippen LogP contribution in [0, 0.1) is 0 Å². The Bertz CT molecular complexity index is 949. The Morgan fingerprint density at radius 1 is 1.15 bits per heavy atom. The van der Waals surface area contributed by atoms with Gasteiger partial charge in [0, 0.05) is 16.9 Å². The van der Waals surface area contributed by atoms with E-state index in [0.29, 0.717) is 33.9 Å². The van der Waals surface area contributed by atoms with E-state index in [4.69, 9.17) is 21.4 Å². The van der Waals surface area contributed by atoms with E-state index < -0.39 is 5.97 Å². The van der Waals surface area contributed by atoms with E-state index in [-0.39, 0.29) is 5.56 Å². The normalized spacial score (nSPS) is 10.2. The second-order valence-electron chi connectivity index (χ2n) is 5.25. The third kappa shape index (κ3) is 4.20. The highest BCUT2D eigenvalue weighted by atomic mass is 35.5. The second-order valence-corrected chi connectivity index (χ2v) is 5.68. The molecule has 2 aromatic carbocycles. The molecule has 0 saturated carbocycles. The lowest BCUT2D eigenvalue weighted by Gasteiger charge is -2.11. The van der Waals surface area contributed by atoms with Crippen LogP contribution in [0.1, 0.15) is 10.4 Å². The first-order valence-electron chi connectivity index (χ1n) is 7.59. The number of nitrogens with zero attached hydrogens (tertiary/aromatic N) is 2. The van der Waals surface area contributed by atoms with Gasteiger partial charge in [0.15, 0.2) is 0 Å². The van der Waals surface area contributed by atoms with Crippen LogP contribution in [0.15, 0.2) is 54.7 Å². The molecule has 0 fully saturated rings. The number of halogens is 1. The molecule has 0 amide bonds. The van der Waals surface area contributed by atoms with Crippen molar-refractivity contribution in [3.63, 3.8) is 0 Å². The predicted molar refractivity (Wildman–Crippen MR) is 100 cm³/mol. The van der Waals surface area contributed by atoms with E-state index in [0.717, 1.165) is 0 Å². The van der Waals surface area contributed by atoms with Gasteiger partial charge in [-0.2, -0.15) is 4.98 Å². The SMILES string of the molecule is COc1ccc(Cl)cc1Nc1nccc(Nc2cccc(C(=O)O)c2)n1. The Morgan fingerprint density at radius 2 is 2.00 bits per heavy atom. The maximum Gasteiger partial charge on any atom is 0.335 e. The van der Waals surface area contributed by atoms with Gasteiger partial charge in [-0.1, -0.05) is 17.7 Å². The van der Waals surface area contributed by atoms with Crippen LogP contribution in [0.5, 0.6) is 5.75 Å². The maximum absolute atomic E-state index is 11.1. The third-order valence-corrected chi connectivity index (χ3v) is 3.68. The van der Waals surface area contributed by atoms with Crippen LogP contribution in [-0.4, -0.2) is 28.2 Å². The largest absolute Gasteiger partial charge is 0.495 e. The Balaban J connectivity index is 1.82. The molecule has 26 heavy (non-hydrogen) atoms. The Kier molecular flexibility index (Phi) is 5.19. The van der Waals surface area contributed by atoms with E-state index in [2.05, 4.69) is 20.6 Å². The number of carbonyl (C=O) groups is 1. The minimum absolute atomic E-state index is 0.186. The number of benzene rings is 2. The zero-order valence-electron chi connectivity index (χ0n) is 13.7. The van der Waals surface area contributed by atoms with Crippen molar-refractivity contribution in [1.82, 2.24) is 9.97 Å². The predicted octanol–water partition coefficient (Wildman–Crippen LogP) is 4.32. The van der Waals surface area contributed by atoms with E-state index >= 15 is 0 Å². The van der Waals surface area contributed by atoms with Gasteiger partial charge in [0.1, 0.15) is 11.6 Å². The minimum atomic E-state index is -0.994. The van der Waals surface area contributed by atoms with Gasteiger partial charge in [-0.3, -0.25) is 0 Å². The van der Waals surface area contributed by atoms with Crippen LogP contribution in [-0.2, 0) is 0 Å². The van der Waals surface area contributed by atoms with Gasteiger partial charge in [-0.25, -0.2) is 9.78 Å². The molecular formula is C18H15ClN4O3. The number of anilines is 4. The highest BCUT2D eigenvalue weighted by molar-refractivity contribution is 6.31. The molecule has 0 spiro atoms. The molecule has 0 unspecified atom stereocenters. The molecule has 3 N–H and O–H groups in total. The quantitative estimate of drug-likeness (QED) is 0.594.